The van der Waals surface area contributed by atoms with Crippen LogP contribution in [0.3, 0.4) is 0 Å². The Kier molecular flexibility index (Phi) is 7.12. The van der Waals surface area contributed by atoms with Crippen LogP contribution in [0.1, 0.15) is 48.4 Å². The normalized spacial score (nSPS) is 15.4. The molecule has 0 aliphatic carbocycles. The Balaban J connectivity index is 1.83. The number of nitrogens with zero attached hydrogens (tertiary/aromatic N) is 1. The topological polar surface area (TPSA) is 141 Å². The van der Waals surface area contributed by atoms with Gasteiger partial charge in [-0.15, -0.1) is 0 Å². The van der Waals surface area contributed by atoms with Crippen LogP contribution in [0.15, 0.2) is 46.1 Å². The standard InChI is InChI=1S/C26H25F3N2O8S/c1-25(2,3)39-18(32)11-30-23(34)19-21(33)15-9-10-17(40(4,36)37)22-20(15)31(24(19)35)12-16(38-22)13-5-7-14(8-6-13)26(27,28)29/h5-10,16,33H,11-12H2,1-4H3,(H,30,34). The van der Waals surface area contributed by atoms with Gasteiger partial charge in [-0.3, -0.25) is 19.0 Å². The molecule has 2 N–H and O–H groups in total. The van der Waals surface area contributed by atoms with Crippen molar-refractivity contribution in [2.45, 2.75) is 50.1 Å². The zero-order valence-electron chi connectivity index (χ0n) is 21.7. The van der Waals surface area contributed by atoms with Crippen molar-refractivity contribution in [2.75, 3.05) is 12.8 Å². The number of aromatic nitrogens is 1. The molecule has 0 saturated heterocycles. The van der Waals surface area contributed by atoms with E-state index in [1.165, 1.54) is 6.07 Å². The molecule has 4 rings (SSSR count). The molecule has 1 amide bonds. The number of aromatic hydroxyl groups is 1. The molecular weight excluding hydrogens is 557 g/mol. The lowest BCUT2D eigenvalue weighted by Crippen LogP contribution is -2.39. The summed E-state index contributed by atoms with van der Waals surface area (Å²) in [5.41, 5.74) is -3.42. The number of sulfone groups is 1. The van der Waals surface area contributed by atoms with Crippen LogP contribution in [0, 0.1) is 0 Å². The fraction of sp³-hybridized carbons (Fsp3) is 0.346. The van der Waals surface area contributed by atoms with Gasteiger partial charge in [-0.2, -0.15) is 13.2 Å². The maximum absolute atomic E-state index is 13.5. The van der Waals surface area contributed by atoms with Crippen molar-refractivity contribution in [2.24, 2.45) is 0 Å². The number of hydrogen-bond acceptors (Lipinski definition) is 8. The fourth-order valence-corrected chi connectivity index (χ4v) is 5.09. The Morgan fingerprint density at radius 2 is 1.75 bits per heavy atom. The number of halogens is 3. The van der Waals surface area contributed by atoms with Gasteiger partial charge in [-0.1, -0.05) is 12.1 Å². The Labute approximate surface area is 226 Å². The lowest BCUT2D eigenvalue weighted by molar-refractivity contribution is -0.153. The second-order valence-corrected chi connectivity index (χ2v) is 12.2. The third kappa shape index (κ3) is 5.62. The van der Waals surface area contributed by atoms with Crippen LogP contribution in [0.25, 0.3) is 10.9 Å². The minimum Gasteiger partial charge on any atom is -0.506 e. The zero-order chi connectivity index (χ0) is 29.8. The van der Waals surface area contributed by atoms with Gasteiger partial charge < -0.3 is 19.9 Å². The summed E-state index contributed by atoms with van der Waals surface area (Å²) >= 11 is 0. The maximum atomic E-state index is 13.5. The molecule has 1 aliphatic rings. The van der Waals surface area contributed by atoms with Crippen molar-refractivity contribution in [1.82, 2.24) is 9.88 Å². The minimum absolute atomic E-state index is 0.0877. The van der Waals surface area contributed by atoms with Crippen molar-refractivity contribution >= 4 is 32.6 Å². The first kappa shape index (κ1) is 28.9. The highest BCUT2D eigenvalue weighted by atomic mass is 32.2. The van der Waals surface area contributed by atoms with Crippen LogP contribution in [-0.4, -0.2) is 48.4 Å². The van der Waals surface area contributed by atoms with Crippen molar-refractivity contribution in [1.29, 1.82) is 0 Å². The van der Waals surface area contributed by atoms with Crippen molar-refractivity contribution < 1.29 is 45.8 Å². The van der Waals surface area contributed by atoms with Crippen LogP contribution in [-0.2, 0) is 32.1 Å². The van der Waals surface area contributed by atoms with E-state index >= 15 is 0 Å². The van der Waals surface area contributed by atoms with Gasteiger partial charge in [0.25, 0.3) is 11.5 Å². The molecule has 2 heterocycles. The van der Waals surface area contributed by atoms with Gasteiger partial charge >= 0.3 is 12.1 Å². The number of alkyl halides is 3. The molecule has 0 bridgehead atoms. The summed E-state index contributed by atoms with van der Waals surface area (Å²) in [5.74, 6) is -2.95. The van der Waals surface area contributed by atoms with Gasteiger partial charge in [-0.25, -0.2) is 8.42 Å². The fourth-order valence-electron chi connectivity index (χ4n) is 4.29. The average molecular weight is 583 g/mol. The van der Waals surface area contributed by atoms with Gasteiger partial charge in [0.15, 0.2) is 15.6 Å². The number of carbonyl (C=O) groups excluding carboxylic acids is 2. The first-order valence-electron chi connectivity index (χ1n) is 11.8. The number of esters is 1. The van der Waals surface area contributed by atoms with Crippen LogP contribution >= 0.6 is 0 Å². The molecule has 214 valence electrons. The highest BCUT2D eigenvalue weighted by Crippen LogP contribution is 2.43. The summed E-state index contributed by atoms with van der Waals surface area (Å²) in [6.07, 6.45) is -4.82. The van der Waals surface area contributed by atoms with E-state index in [-0.39, 0.29) is 33.7 Å². The first-order valence-corrected chi connectivity index (χ1v) is 13.7. The van der Waals surface area contributed by atoms with Crippen molar-refractivity contribution in [3.05, 3.63) is 63.4 Å². The summed E-state index contributed by atoms with van der Waals surface area (Å²) in [5, 5.41) is 13.0. The van der Waals surface area contributed by atoms with Crippen LogP contribution in [0.2, 0.25) is 0 Å². The summed E-state index contributed by atoms with van der Waals surface area (Å²) in [4.78, 5) is 38.2. The SMILES string of the molecule is CC(C)(C)OC(=O)CNC(=O)c1c(O)c2ccc(S(C)(=O)=O)c3c2n(c1=O)CC(c1ccc(C(F)(F)F)cc1)O3. The predicted molar refractivity (Wildman–Crippen MR) is 136 cm³/mol. The number of rotatable bonds is 5. The van der Waals surface area contributed by atoms with E-state index in [4.69, 9.17) is 9.47 Å². The number of ether oxygens (including phenoxy) is 2. The third-order valence-electron chi connectivity index (χ3n) is 5.97. The van der Waals surface area contributed by atoms with Gasteiger partial charge in [0, 0.05) is 11.6 Å². The largest absolute Gasteiger partial charge is 0.506 e. The minimum atomic E-state index is -4.59. The van der Waals surface area contributed by atoms with Gasteiger partial charge in [0.1, 0.15) is 34.5 Å². The molecule has 2 aromatic carbocycles. The summed E-state index contributed by atoms with van der Waals surface area (Å²) in [6.45, 7) is 3.93. The molecule has 14 heteroatoms. The van der Waals surface area contributed by atoms with E-state index < -0.39 is 68.6 Å². The number of carbonyl (C=O) groups is 2. The Hall–Kier alpha value is -4.07. The highest BCUT2D eigenvalue weighted by Gasteiger charge is 2.35. The molecule has 0 spiro atoms. The van der Waals surface area contributed by atoms with E-state index in [0.717, 1.165) is 41.2 Å². The highest BCUT2D eigenvalue weighted by molar-refractivity contribution is 7.90. The Morgan fingerprint density at radius 3 is 2.30 bits per heavy atom. The Bertz CT molecular complexity index is 1690. The number of pyridine rings is 1. The van der Waals surface area contributed by atoms with Gasteiger partial charge in [0.05, 0.1) is 17.6 Å². The smallest absolute Gasteiger partial charge is 0.416 e. The monoisotopic (exact) mass is 582 g/mol. The molecule has 1 unspecified atom stereocenters. The molecule has 1 aliphatic heterocycles. The molecular formula is C26H25F3N2O8S. The quantitative estimate of drug-likeness (QED) is 0.437. The van der Waals surface area contributed by atoms with E-state index in [2.05, 4.69) is 5.32 Å². The molecule has 1 aromatic heterocycles. The van der Waals surface area contributed by atoms with E-state index in [1.54, 1.807) is 20.8 Å². The van der Waals surface area contributed by atoms with Gasteiger partial charge in [-0.05, 0) is 50.6 Å². The molecule has 0 fully saturated rings. The van der Waals surface area contributed by atoms with Crippen molar-refractivity contribution in [3.8, 4) is 11.5 Å². The Morgan fingerprint density at radius 1 is 1.12 bits per heavy atom. The van der Waals surface area contributed by atoms with Gasteiger partial charge in [0.2, 0.25) is 0 Å². The number of nitrogens with one attached hydrogen (secondary N) is 1. The molecule has 0 radical (unpaired) electrons. The van der Waals surface area contributed by atoms with E-state index in [9.17, 15) is 41.1 Å². The summed E-state index contributed by atoms with van der Waals surface area (Å²) < 4.78 is 76.3. The van der Waals surface area contributed by atoms with E-state index in [1.807, 2.05) is 0 Å². The second kappa shape index (κ2) is 9.84. The lowest BCUT2D eigenvalue weighted by Gasteiger charge is -2.30. The molecule has 0 saturated carbocycles. The third-order valence-corrected chi connectivity index (χ3v) is 7.09. The maximum Gasteiger partial charge on any atom is 0.416 e. The van der Waals surface area contributed by atoms with Crippen LogP contribution in [0.5, 0.6) is 11.5 Å². The molecule has 1 atom stereocenters. The number of amides is 1. The predicted octanol–water partition coefficient (Wildman–Crippen LogP) is 3.33. The molecule has 40 heavy (non-hydrogen) atoms. The lowest BCUT2D eigenvalue weighted by atomic mass is 10.0. The average Bonchev–Trinajstić information content (AvgIpc) is 2.83. The zero-order valence-corrected chi connectivity index (χ0v) is 22.6. The summed E-state index contributed by atoms with van der Waals surface area (Å²) in [7, 11) is -3.94. The molecule has 10 nitrogen and oxygen atoms in total. The second-order valence-electron chi connectivity index (χ2n) is 10.2. The first-order chi connectivity index (χ1) is 18.4. The van der Waals surface area contributed by atoms with Crippen LogP contribution in [0.4, 0.5) is 13.2 Å². The number of benzene rings is 2. The molecule has 3 aromatic rings. The summed E-state index contributed by atoms with van der Waals surface area (Å²) in [6, 6.07) is 6.24. The van der Waals surface area contributed by atoms with E-state index in [0.29, 0.717) is 0 Å². The van der Waals surface area contributed by atoms with Crippen LogP contribution < -0.4 is 15.6 Å². The number of hydrogen-bond donors (Lipinski definition) is 2. The van der Waals surface area contributed by atoms with Crippen molar-refractivity contribution in [3.63, 3.8) is 0 Å².